The van der Waals surface area contributed by atoms with E-state index in [1.807, 2.05) is 26.0 Å². The molecule has 21 heavy (non-hydrogen) atoms. The van der Waals surface area contributed by atoms with E-state index in [4.69, 9.17) is 5.84 Å². The van der Waals surface area contributed by atoms with Crippen LogP contribution < -0.4 is 5.84 Å². The van der Waals surface area contributed by atoms with Crippen molar-refractivity contribution in [1.29, 1.82) is 0 Å². The molecule has 0 spiro atoms. The molecule has 0 aromatic heterocycles. The van der Waals surface area contributed by atoms with E-state index in [1.165, 1.54) is 0 Å². The van der Waals surface area contributed by atoms with Crippen molar-refractivity contribution in [2.75, 3.05) is 6.54 Å². The predicted octanol–water partition coefficient (Wildman–Crippen LogP) is 3.54. The number of rotatable bonds is 3. The third kappa shape index (κ3) is 5.83. The van der Waals surface area contributed by atoms with Gasteiger partial charge < -0.3 is 5.84 Å². The second-order valence-electron chi connectivity index (χ2n) is 6.23. The van der Waals surface area contributed by atoms with Gasteiger partial charge in [-0.15, -0.1) is 0 Å². The van der Waals surface area contributed by atoms with E-state index in [0.29, 0.717) is 5.71 Å². The van der Waals surface area contributed by atoms with Crippen LogP contribution in [0.2, 0.25) is 0 Å². The zero-order valence-corrected chi connectivity index (χ0v) is 13.7. The van der Waals surface area contributed by atoms with E-state index in [-0.39, 0.29) is 5.41 Å². The van der Waals surface area contributed by atoms with Crippen LogP contribution >= 0.6 is 0 Å². The van der Waals surface area contributed by atoms with Crippen LogP contribution in [-0.4, -0.2) is 18.5 Å². The van der Waals surface area contributed by atoms with Gasteiger partial charge in [-0.2, -0.15) is 5.10 Å². The highest BCUT2D eigenvalue weighted by Crippen LogP contribution is 2.14. The molecule has 112 valence electrons. The van der Waals surface area contributed by atoms with Crippen molar-refractivity contribution < 1.29 is 0 Å². The number of aryl methyl sites for hydroxylation is 1. The first-order valence-corrected chi connectivity index (χ1v) is 7.25. The molecule has 1 aromatic carbocycles. The van der Waals surface area contributed by atoms with E-state index in [2.05, 4.69) is 48.8 Å². The van der Waals surface area contributed by atoms with Gasteiger partial charge in [-0.25, -0.2) is 0 Å². The monoisotopic (exact) mass is 283 g/mol. The first-order chi connectivity index (χ1) is 9.87. The van der Waals surface area contributed by atoms with Gasteiger partial charge in [0.15, 0.2) is 0 Å². The second-order valence-corrected chi connectivity index (χ2v) is 6.23. The van der Waals surface area contributed by atoms with E-state index in [9.17, 15) is 0 Å². The Hall–Kier alpha value is -2.08. The lowest BCUT2D eigenvalue weighted by molar-refractivity contribution is 0.430. The van der Waals surface area contributed by atoms with E-state index in [0.717, 1.165) is 29.7 Å². The summed E-state index contributed by atoms with van der Waals surface area (Å²) >= 11 is 0. The van der Waals surface area contributed by atoms with Crippen LogP contribution in [0.4, 0.5) is 0 Å². The van der Waals surface area contributed by atoms with Crippen molar-refractivity contribution in [2.45, 2.75) is 41.0 Å². The number of hydrazone groups is 1. The molecule has 0 bridgehead atoms. The van der Waals surface area contributed by atoms with Crippen LogP contribution in [0.15, 0.2) is 28.3 Å². The normalized spacial score (nSPS) is 12.3. The van der Waals surface area contributed by atoms with Crippen molar-refractivity contribution in [3.63, 3.8) is 0 Å². The Morgan fingerprint density at radius 3 is 2.57 bits per heavy atom. The molecule has 0 fully saturated rings. The maximum Gasteiger partial charge on any atom is 0.108 e. The summed E-state index contributed by atoms with van der Waals surface area (Å²) in [5.74, 6) is 11.7. The Bertz CT molecular complexity index is 593. The highest BCUT2D eigenvalue weighted by atomic mass is 15.1. The zero-order chi connectivity index (χ0) is 15.9. The van der Waals surface area contributed by atoms with Crippen molar-refractivity contribution in [3.8, 4) is 11.8 Å². The molecule has 0 aliphatic carbocycles. The number of nitrogens with two attached hydrogens (primary N) is 1. The fourth-order valence-corrected chi connectivity index (χ4v) is 1.80. The predicted molar refractivity (Wildman–Crippen MR) is 91.9 cm³/mol. The summed E-state index contributed by atoms with van der Waals surface area (Å²) in [7, 11) is 0. The van der Waals surface area contributed by atoms with Crippen LogP contribution in [-0.2, 0) is 0 Å². The van der Waals surface area contributed by atoms with Crippen LogP contribution in [0, 0.1) is 24.2 Å². The first kappa shape index (κ1) is 17.0. The first-order valence-electron chi connectivity index (χ1n) is 7.25. The van der Waals surface area contributed by atoms with Crippen molar-refractivity contribution in [1.82, 2.24) is 0 Å². The SMILES string of the molecule is CCC#Cc1ccc(/C(C=NCC(C)(C)C)=N/N)c(C)c1. The Morgan fingerprint density at radius 2 is 2.05 bits per heavy atom. The maximum absolute atomic E-state index is 5.51. The minimum absolute atomic E-state index is 0.158. The lowest BCUT2D eigenvalue weighted by Gasteiger charge is -2.14. The lowest BCUT2D eigenvalue weighted by Crippen LogP contribution is -2.13. The Labute approximate surface area is 128 Å². The molecule has 2 N–H and O–H groups in total. The van der Waals surface area contributed by atoms with Gasteiger partial charge in [0.05, 0.1) is 0 Å². The summed E-state index contributed by atoms with van der Waals surface area (Å²) in [5, 5.41) is 3.86. The van der Waals surface area contributed by atoms with Crippen LogP contribution in [0.5, 0.6) is 0 Å². The molecule has 0 heterocycles. The molecule has 0 radical (unpaired) electrons. The average molecular weight is 283 g/mol. The molecule has 0 amide bonds. The molecule has 3 nitrogen and oxygen atoms in total. The fraction of sp³-hybridized carbons (Fsp3) is 0.444. The summed E-state index contributed by atoms with van der Waals surface area (Å²) in [6.07, 6.45) is 2.61. The molecule has 0 unspecified atom stereocenters. The Balaban J connectivity index is 2.97. The molecule has 3 heteroatoms. The van der Waals surface area contributed by atoms with Gasteiger partial charge in [-0.05, 0) is 30.0 Å². The number of aliphatic imine (C=N–C) groups is 1. The standard InChI is InChI=1S/C18H25N3/c1-6-7-8-15-9-10-16(14(2)11-15)17(21-19)12-20-13-18(3,4)5/h9-12H,6,13,19H2,1-5H3/b20-12?,21-17+. The largest absolute Gasteiger partial charge is 0.323 e. The molecule has 1 rings (SSSR count). The summed E-state index contributed by atoms with van der Waals surface area (Å²) < 4.78 is 0. The average Bonchev–Trinajstić information content (AvgIpc) is 2.41. The number of benzene rings is 1. The summed E-state index contributed by atoms with van der Waals surface area (Å²) in [5.41, 5.74) is 3.97. The minimum Gasteiger partial charge on any atom is -0.323 e. The van der Waals surface area contributed by atoms with Crippen molar-refractivity contribution in [2.24, 2.45) is 21.4 Å². The van der Waals surface area contributed by atoms with Gasteiger partial charge in [0.1, 0.15) is 5.71 Å². The van der Waals surface area contributed by atoms with Gasteiger partial charge >= 0.3 is 0 Å². The Kier molecular flexibility index (Phi) is 6.17. The quantitative estimate of drug-likeness (QED) is 0.392. The summed E-state index contributed by atoms with van der Waals surface area (Å²) in [6, 6.07) is 6.05. The fourth-order valence-electron chi connectivity index (χ4n) is 1.80. The zero-order valence-electron chi connectivity index (χ0n) is 13.7. The molecule has 0 aliphatic heterocycles. The van der Waals surface area contributed by atoms with Crippen molar-refractivity contribution >= 4 is 11.9 Å². The highest BCUT2D eigenvalue weighted by Gasteiger charge is 2.09. The molecule has 1 aromatic rings. The summed E-state index contributed by atoms with van der Waals surface area (Å²) in [6.45, 7) is 11.3. The molecule has 0 saturated carbocycles. The lowest BCUT2D eigenvalue weighted by atomic mass is 9.97. The Morgan fingerprint density at radius 1 is 1.33 bits per heavy atom. The van der Waals surface area contributed by atoms with E-state index in [1.54, 1.807) is 6.21 Å². The van der Waals surface area contributed by atoms with Gasteiger partial charge in [0, 0.05) is 30.3 Å². The van der Waals surface area contributed by atoms with Gasteiger partial charge in [-0.3, -0.25) is 4.99 Å². The van der Waals surface area contributed by atoms with E-state index >= 15 is 0 Å². The van der Waals surface area contributed by atoms with Gasteiger partial charge in [0.2, 0.25) is 0 Å². The smallest absolute Gasteiger partial charge is 0.108 e. The number of nitrogens with zero attached hydrogens (tertiary/aromatic N) is 2. The molecular formula is C18H25N3. The number of hydrogen-bond donors (Lipinski definition) is 1. The van der Waals surface area contributed by atoms with Crippen LogP contribution in [0.3, 0.4) is 0 Å². The molecule has 0 aliphatic rings. The highest BCUT2D eigenvalue weighted by molar-refractivity contribution is 6.38. The van der Waals surface area contributed by atoms with Crippen LogP contribution in [0.1, 0.15) is 50.8 Å². The van der Waals surface area contributed by atoms with Crippen molar-refractivity contribution in [3.05, 3.63) is 34.9 Å². The van der Waals surface area contributed by atoms with E-state index < -0.39 is 0 Å². The third-order valence-electron chi connectivity index (χ3n) is 2.83. The third-order valence-corrected chi connectivity index (χ3v) is 2.83. The number of hydrogen-bond acceptors (Lipinski definition) is 3. The molecular weight excluding hydrogens is 258 g/mol. The molecule has 0 saturated heterocycles. The minimum atomic E-state index is 0.158. The second kappa shape index (κ2) is 7.64. The maximum atomic E-state index is 5.51. The summed E-state index contributed by atoms with van der Waals surface area (Å²) in [4.78, 5) is 4.44. The topological polar surface area (TPSA) is 50.7 Å². The van der Waals surface area contributed by atoms with Crippen LogP contribution in [0.25, 0.3) is 0 Å². The van der Waals surface area contributed by atoms with Gasteiger partial charge in [-0.1, -0.05) is 45.6 Å². The van der Waals surface area contributed by atoms with Gasteiger partial charge in [0.25, 0.3) is 0 Å². The molecule has 0 atom stereocenters.